The number of hydrogen-bond donors (Lipinski definition) is 1. The molecule has 1 aromatic rings. The summed E-state index contributed by atoms with van der Waals surface area (Å²) < 4.78 is 5.69. The number of ether oxygens (including phenoxy) is 1. The minimum atomic E-state index is 0.0323. The van der Waals surface area contributed by atoms with Crippen molar-refractivity contribution in [3.63, 3.8) is 0 Å². The van der Waals surface area contributed by atoms with Crippen molar-refractivity contribution in [1.82, 2.24) is 10.2 Å². The Morgan fingerprint density at radius 2 is 1.96 bits per heavy atom. The molecular weight excluding hydrogens is 312 g/mol. The van der Waals surface area contributed by atoms with Gasteiger partial charge in [-0.05, 0) is 49.8 Å². The second kappa shape index (κ2) is 8.33. The molecule has 0 saturated carbocycles. The van der Waals surface area contributed by atoms with Gasteiger partial charge in [0.15, 0.2) is 0 Å². The minimum Gasteiger partial charge on any atom is -0.379 e. The normalized spacial score (nSPS) is 23.7. The van der Waals surface area contributed by atoms with Crippen LogP contribution in [0.15, 0.2) is 30.3 Å². The number of nitrogens with one attached hydrogen (secondary N) is 1. The highest BCUT2D eigenvalue weighted by Gasteiger charge is 2.44. The van der Waals surface area contributed by atoms with Gasteiger partial charge in [0.25, 0.3) is 0 Å². The lowest BCUT2D eigenvalue weighted by Gasteiger charge is -2.49. The van der Waals surface area contributed by atoms with Gasteiger partial charge in [-0.25, -0.2) is 0 Å². The molecule has 1 N–H and O–H groups in total. The number of carbonyl (C=O) groups excluding carboxylic acids is 1. The standard InChI is InChI=1S/C21H32N2O2/c1-17(2)20(24)22-19-16-25-15-11-21(19)9-13-23(14-10-21)12-8-18-6-4-3-5-7-18/h3-7,17,19H,8-16H2,1-2H3,(H,22,24). The predicted molar refractivity (Wildman–Crippen MR) is 100 cm³/mol. The average Bonchev–Trinajstić information content (AvgIpc) is 2.64. The van der Waals surface area contributed by atoms with E-state index in [9.17, 15) is 4.79 Å². The van der Waals surface area contributed by atoms with Gasteiger partial charge in [0.1, 0.15) is 0 Å². The molecule has 1 amide bonds. The molecule has 1 atom stereocenters. The smallest absolute Gasteiger partial charge is 0.222 e. The van der Waals surface area contributed by atoms with Gasteiger partial charge in [0, 0.05) is 19.1 Å². The molecule has 1 spiro atoms. The first-order valence-corrected chi connectivity index (χ1v) is 9.73. The van der Waals surface area contributed by atoms with Crippen molar-refractivity contribution in [2.75, 3.05) is 32.8 Å². The van der Waals surface area contributed by atoms with E-state index in [1.54, 1.807) is 0 Å². The zero-order valence-electron chi connectivity index (χ0n) is 15.7. The number of piperidine rings is 1. The van der Waals surface area contributed by atoms with Gasteiger partial charge in [0.05, 0.1) is 12.6 Å². The van der Waals surface area contributed by atoms with E-state index in [0.717, 1.165) is 51.9 Å². The van der Waals surface area contributed by atoms with Crippen LogP contribution >= 0.6 is 0 Å². The summed E-state index contributed by atoms with van der Waals surface area (Å²) in [5.41, 5.74) is 1.64. The van der Waals surface area contributed by atoms with Crippen LogP contribution in [0.25, 0.3) is 0 Å². The number of benzene rings is 1. The quantitative estimate of drug-likeness (QED) is 0.893. The van der Waals surface area contributed by atoms with E-state index in [4.69, 9.17) is 4.74 Å². The highest BCUT2D eigenvalue weighted by atomic mass is 16.5. The summed E-state index contributed by atoms with van der Waals surface area (Å²) in [6, 6.07) is 10.9. The largest absolute Gasteiger partial charge is 0.379 e. The molecule has 4 nitrogen and oxygen atoms in total. The Kier molecular flexibility index (Phi) is 6.13. The molecule has 0 aromatic heterocycles. The van der Waals surface area contributed by atoms with Gasteiger partial charge in [-0.1, -0.05) is 44.2 Å². The van der Waals surface area contributed by atoms with E-state index in [1.165, 1.54) is 5.56 Å². The van der Waals surface area contributed by atoms with Crippen LogP contribution in [0, 0.1) is 11.3 Å². The molecule has 2 fully saturated rings. The molecule has 2 aliphatic rings. The first kappa shape index (κ1) is 18.4. The Morgan fingerprint density at radius 3 is 2.64 bits per heavy atom. The molecule has 3 rings (SSSR count). The Labute approximate surface area is 151 Å². The van der Waals surface area contributed by atoms with Gasteiger partial charge < -0.3 is 15.0 Å². The number of amides is 1. The molecule has 1 unspecified atom stereocenters. The molecule has 0 aliphatic carbocycles. The first-order chi connectivity index (χ1) is 12.1. The molecular formula is C21H32N2O2. The lowest BCUT2D eigenvalue weighted by molar-refractivity contribution is -0.129. The summed E-state index contributed by atoms with van der Waals surface area (Å²) in [6.07, 6.45) is 4.51. The van der Waals surface area contributed by atoms with E-state index < -0.39 is 0 Å². The summed E-state index contributed by atoms with van der Waals surface area (Å²) in [5.74, 6) is 0.186. The van der Waals surface area contributed by atoms with Gasteiger partial charge in [-0.15, -0.1) is 0 Å². The van der Waals surface area contributed by atoms with Crippen molar-refractivity contribution >= 4 is 5.91 Å². The number of hydrogen-bond acceptors (Lipinski definition) is 3. The van der Waals surface area contributed by atoms with E-state index in [-0.39, 0.29) is 23.3 Å². The molecule has 2 saturated heterocycles. The van der Waals surface area contributed by atoms with Crippen LogP contribution in [0.1, 0.15) is 38.7 Å². The van der Waals surface area contributed by atoms with Crippen molar-refractivity contribution in [3.8, 4) is 0 Å². The van der Waals surface area contributed by atoms with Gasteiger partial charge in [-0.3, -0.25) is 4.79 Å². The lowest BCUT2D eigenvalue weighted by Crippen LogP contribution is -2.58. The second-order valence-electron chi connectivity index (χ2n) is 7.98. The van der Waals surface area contributed by atoms with E-state index in [2.05, 4.69) is 40.5 Å². The zero-order chi connectivity index (χ0) is 17.7. The van der Waals surface area contributed by atoms with Crippen molar-refractivity contribution in [3.05, 3.63) is 35.9 Å². The second-order valence-corrected chi connectivity index (χ2v) is 7.98. The zero-order valence-corrected chi connectivity index (χ0v) is 15.7. The van der Waals surface area contributed by atoms with Gasteiger partial charge in [-0.2, -0.15) is 0 Å². The molecule has 2 heterocycles. The Morgan fingerprint density at radius 1 is 1.24 bits per heavy atom. The van der Waals surface area contributed by atoms with E-state index in [1.807, 2.05) is 13.8 Å². The maximum atomic E-state index is 12.2. The monoisotopic (exact) mass is 344 g/mol. The van der Waals surface area contributed by atoms with Crippen molar-refractivity contribution < 1.29 is 9.53 Å². The number of rotatable bonds is 5. The Balaban J connectivity index is 1.54. The maximum absolute atomic E-state index is 12.2. The third-order valence-electron chi connectivity index (χ3n) is 6.02. The topological polar surface area (TPSA) is 41.6 Å². The fourth-order valence-electron chi connectivity index (χ4n) is 4.11. The molecule has 0 bridgehead atoms. The molecule has 138 valence electrons. The minimum absolute atomic E-state index is 0.0323. The van der Waals surface area contributed by atoms with Crippen LogP contribution < -0.4 is 5.32 Å². The summed E-state index contributed by atoms with van der Waals surface area (Å²) in [6.45, 7) is 8.79. The predicted octanol–water partition coefficient (Wildman–Crippen LogP) is 2.87. The maximum Gasteiger partial charge on any atom is 0.222 e. The van der Waals surface area contributed by atoms with Crippen LogP contribution in [0.5, 0.6) is 0 Å². The van der Waals surface area contributed by atoms with Crippen molar-refractivity contribution in [1.29, 1.82) is 0 Å². The van der Waals surface area contributed by atoms with Crippen LogP contribution in [-0.2, 0) is 16.0 Å². The fraction of sp³-hybridized carbons (Fsp3) is 0.667. The molecule has 0 radical (unpaired) electrons. The van der Waals surface area contributed by atoms with Crippen LogP contribution in [0.4, 0.5) is 0 Å². The fourth-order valence-corrected chi connectivity index (χ4v) is 4.11. The summed E-state index contributed by atoms with van der Waals surface area (Å²) >= 11 is 0. The first-order valence-electron chi connectivity index (χ1n) is 9.73. The Bertz CT molecular complexity index is 550. The number of nitrogens with zero attached hydrogens (tertiary/aromatic N) is 1. The van der Waals surface area contributed by atoms with Crippen LogP contribution in [0.3, 0.4) is 0 Å². The Hall–Kier alpha value is -1.39. The van der Waals surface area contributed by atoms with E-state index >= 15 is 0 Å². The summed E-state index contributed by atoms with van der Waals surface area (Å²) in [7, 11) is 0. The van der Waals surface area contributed by atoms with Crippen LogP contribution in [0.2, 0.25) is 0 Å². The number of carbonyl (C=O) groups is 1. The average molecular weight is 344 g/mol. The third kappa shape index (κ3) is 4.62. The highest BCUT2D eigenvalue weighted by molar-refractivity contribution is 5.78. The van der Waals surface area contributed by atoms with Gasteiger partial charge in [0.2, 0.25) is 5.91 Å². The summed E-state index contributed by atoms with van der Waals surface area (Å²) in [4.78, 5) is 14.8. The van der Waals surface area contributed by atoms with Gasteiger partial charge >= 0.3 is 0 Å². The van der Waals surface area contributed by atoms with Crippen molar-refractivity contribution in [2.45, 2.75) is 45.6 Å². The lowest BCUT2D eigenvalue weighted by atomic mass is 9.69. The van der Waals surface area contributed by atoms with Crippen LogP contribution in [-0.4, -0.2) is 49.7 Å². The molecule has 4 heteroatoms. The summed E-state index contributed by atoms with van der Waals surface area (Å²) in [5, 5.41) is 3.27. The third-order valence-corrected chi connectivity index (χ3v) is 6.02. The van der Waals surface area contributed by atoms with Crippen molar-refractivity contribution in [2.24, 2.45) is 11.3 Å². The SMILES string of the molecule is CC(C)C(=O)NC1COCCC12CCN(CCc1ccccc1)CC2. The number of likely N-dealkylation sites (tertiary alicyclic amines) is 1. The molecule has 1 aromatic carbocycles. The molecule has 25 heavy (non-hydrogen) atoms. The molecule has 2 aliphatic heterocycles. The van der Waals surface area contributed by atoms with E-state index in [0.29, 0.717) is 6.61 Å². The highest BCUT2D eigenvalue weighted by Crippen LogP contribution is 2.41.